The van der Waals surface area contributed by atoms with Crippen LogP contribution in [0.5, 0.6) is 5.75 Å². The Bertz CT molecular complexity index is 1170. The maximum atomic E-state index is 15.3. The molecule has 3 nitrogen and oxygen atoms in total. The smallest absolute Gasteiger partial charge is 0.422 e. The minimum Gasteiger partial charge on any atom is -0.484 e. The molecule has 0 saturated carbocycles. The largest absolute Gasteiger partial charge is 0.484 e. The lowest BCUT2D eigenvalue weighted by molar-refractivity contribution is -0.203. The van der Waals surface area contributed by atoms with Gasteiger partial charge in [-0.15, -0.1) is 0 Å². The summed E-state index contributed by atoms with van der Waals surface area (Å²) >= 11 is 0. The van der Waals surface area contributed by atoms with E-state index in [0.717, 1.165) is 49.0 Å². The molecule has 3 aromatic carbocycles. The zero-order chi connectivity index (χ0) is 27.7. The van der Waals surface area contributed by atoms with E-state index in [2.05, 4.69) is 6.92 Å². The Morgan fingerprint density at radius 2 is 1.56 bits per heavy atom. The van der Waals surface area contributed by atoms with Crippen molar-refractivity contribution in [2.24, 2.45) is 5.92 Å². The van der Waals surface area contributed by atoms with Crippen molar-refractivity contribution < 1.29 is 31.8 Å². The first kappa shape index (κ1) is 29.3. The number of rotatable bonds is 13. The van der Waals surface area contributed by atoms with E-state index in [1.807, 2.05) is 30.3 Å². The van der Waals surface area contributed by atoms with E-state index in [1.165, 1.54) is 37.8 Å². The summed E-state index contributed by atoms with van der Waals surface area (Å²) in [5.74, 6) is 0.424. The molecule has 0 radical (unpaired) electrons. The van der Waals surface area contributed by atoms with Crippen molar-refractivity contribution in [2.75, 3.05) is 19.8 Å². The SMILES string of the molecule is CCCCCCC1COC(CCc2ccc3c(F)c(CCc4ccc(OCC(F)(F)F)cc4)ccc3c2)OC1. The number of ether oxygens (including phenoxy) is 3. The summed E-state index contributed by atoms with van der Waals surface area (Å²) in [4.78, 5) is 0. The number of aryl methyl sites for hydroxylation is 3. The van der Waals surface area contributed by atoms with Crippen LogP contribution in [0.4, 0.5) is 17.6 Å². The highest BCUT2D eigenvalue weighted by atomic mass is 19.4. The third-order valence-electron chi connectivity index (χ3n) is 7.28. The molecule has 0 unspecified atom stereocenters. The molecule has 0 bridgehead atoms. The van der Waals surface area contributed by atoms with Crippen LogP contribution in [0, 0.1) is 11.7 Å². The van der Waals surface area contributed by atoms with Gasteiger partial charge in [-0.05, 0) is 59.9 Å². The Hall–Kier alpha value is -2.64. The lowest BCUT2D eigenvalue weighted by atomic mass is 9.98. The molecule has 39 heavy (non-hydrogen) atoms. The molecular weight excluding hydrogens is 508 g/mol. The molecule has 0 aromatic heterocycles. The highest BCUT2D eigenvalue weighted by Crippen LogP contribution is 2.26. The van der Waals surface area contributed by atoms with E-state index in [9.17, 15) is 13.2 Å². The van der Waals surface area contributed by atoms with Crippen LogP contribution in [0.3, 0.4) is 0 Å². The second-order valence-electron chi connectivity index (χ2n) is 10.5. The van der Waals surface area contributed by atoms with Crippen molar-refractivity contribution in [1.82, 2.24) is 0 Å². The highest BCUT2D eigenvalue weighted by Gasteiger charge is 2.28. The molecule has 0 aliphatic carbocycles. The standard InChI is InChI=1S/C32H38F4O3/c1-2-3-4-5-6-25-20-37-30(38-21-25)18-11-24-10-17-29-27(19-24)14-13-26(31(29)33)12-7-23-8-15-28(16-9-23)39-22-32(34,35)36/h8-10,13-17,19,25,30H,2-7,11-12,18,20-22H2,1H3. The van der Waals surface area contributed by atoms with Crippen LogP contribution in [0.1, 0.15) is 62.1 Å². The Balaban J connectivity index is 1.25. The zero-order valence-corrected chi connectivity index (χ0v) is 22.6. The van der Waals surface area contributed by atoms with Gasteiger partial charge in [-0.25, -0.2) is 4.39 Å². The van der Waals surface area contributed by atoms with Crippen molar-refractivity contribution in [2.45, 2.75) is 77.2 Å². The normalized spacial score (nSPS) is 18.0. The first-order valence-electron chi connectivity index (χ1n) is 14.0. The van der Waals surface area contributed by atoms with E-state index in [-0.39, 0.29) is 17.9 Å². The third kappa shape index (κ3) is 9.21. The number of alkyl halides is 3. The quantitative estimate of drug-likeness (QED) is 0.159. The molecule has 1 heterocycles. The average Bonchev–Trinajstić information content (AvgIpc) is 2.93. The fourth-order valence-corrected chi connectivity index (χ4v) is 4.99. The van der Waals surface area contributed by atoms with E-state index < -0.39 is 12.8 Å². The molecule has 1 saturated heterocycles. The molecule has 1 fully saturated rings. The van der Waals surface area contributed by atoms with Crippen LogP contribution >= 0.6 is 0 Å². The van der Waals surface area contributed by atoms with Gasteiger partial charge in [0.1, 0.15) is 11.6 Å². The lowest BCUT2D eigenvalue weighted by Gasteiger charge is -2.29. The van der Waals surface area contributed by atoms with Crippen LogP contribution in [0.25, 0.3) is 10.8 Å². The van der Waals surface area contributed by atoms with Crippen LogP contribution in [-0.2, 0) is 28.7 Å². The lowest BCUT2D eigenvalue weighted by Crippen LogP contribution is -2.32. The number of unbranched alkanes of at least 4 members (excludes halogenated alkanes) is 3. The van der Waals surface area contributed by atoms with Gasteiger partial charge in [0.2, 0.25) is 0 Å². The van der Waals surface area contributed by atoms with Crippen molar-refractivity contribution in [1.29, 1.82) is 0 Å². The summed E-state index contributed by atoms with van der Waals surface area (Å²) in [6.07, 6.45) is 4.29. The van der Waals surface area contributed by atoms with Crippen LogP contribution in [0.2, 0.25) is 0 Å². The maximum absolute atomic E-state index is 15.3. The third-order valence-corrected chi connectivity index (χ3v) is 7.28. The fraction of sp³-hybridized carbons (Fsp3) is 0.500. The molecule has 0 N–H and O–H groups in total. The number of fused-ring (bicyclic) bond motifs is 1. The molecule has 212 valence electrons. The minimum atomic E-state index is -4.37. The summed E-state index contributed by atoms with van der Waals surface area (Å²) in [6.45, 7) is 2.42. The van der Waals surface area contributed by atoms with Gasteiger partial charge in [0.15, 0.2) is 12.9 Å². The van der Waals surface area contributed by atoms with Gasteiger partial charge >= 0.3 is 6.18 Å². The number of halogens is 4. The van der Waals surface area contributed by atoms with Gasteiger partial charge in [-0.2, -0.15) is 13.2 Å². The molecule has 1 aliphatic rings. The van der Waals surface area contributed by atoms with Crippen molar-refractivity contribution in [3.63, 3.8) is 0 Å². The fourth-order valence-electron chi connectivity index (χ4n) is 4.99. The summed E-state index contributed by atoms with van der Waals surface area (Å²) in [6, 6.07) is 16.0. The van der Waals surface area contributed by atoms with E-state index in [1.54, 1.807) is 12.1 Å². The summed E-state index contributed by atoms with van der Waals surface area (Å²) in [7, 11) is 0. The Morgan fingerprint density at radius 3 is 2.28 bits per heavy atom. The molecular formula is C32H38F4O3. The number of hydrogen-bond acceptors (Lipinski definition) is 3. The molecule has 7 heteroatoms. The molecule has 1 aliphatic heterocycles. The van der Waals surface area contributed by atoms with E-state index in [0.29, 0.717) is 29.7 Å². The van der Waals surface area contributed by atoms with Crippen molar-refractivity contribution in [3.8, 4) is 5.75 Å². The number of benzene rings is 3. The van der Waals surface area contributed by atoms with Gasteiger partial charge in [0.05, 0.1) is 13.2 Å². The van der Waals surface area contributed by atoms with E-state index >= 15 is 4.39 Å². The zero-order valence-electron chi connectivity index (χ0n) is 22.6. The first-order chi connectivity index (χ1) is 18.8. The second kappa shape index (κ2) is 14.1. The van der Waals surface area contributed by atoms with Gasteiger partial charge in [0.25, 0.3) is 0 Å². The Labute approximate surface area is 228 Å². The predicted octanol–water partition coefficient (Wildman–Crippen LogP) is 8.60. The first-order valence-corrected chi connectivity index (χ1v) is 14.0. The Kier molecular flexibility index (Phi) is 10.6. The number of hydrogen-bond donors (Lipinski definition) is 0. The second-order valence-corrected chi connectivity index (χ2v) is 10.5. The Morgan fingerprint density at radius 1 is 0.821 bits per heavy atom. The summed E-state index contributed by atoms with van der Waals surface area (Å²) < 4.78 is 68.8. The van der Waals surface area contributed by atoms with Gasteiger partial charge in [-0.3, -0.25) is 0 Å². The van der Waals surface area contributed by atoms with Crippen LogP contribution in [0.15, 0.2) is 54.6 Å². The summed E-state index contributed by atoms with van der Waals surface area (Å²) in [5, 5.41) is 1.45. The van der Waals surface area contributed by atoms with E-state index in [4.69, 9.17) is 14.2 Å². The molecule has 0 atom stereocenters. The molecule has 4 rings (SSSR count). The summed E-state index contributed by atoms with van der Waals surface area (Å²) in [5.41, 5.74) is 2.64. The molecule has 0 amide bonds. The highest BCUT2D eigenvalue weighted by molar-refractivity contribution is 5.84. The van der Waals surface area contributed by atoms with Crippen LogP contribution in [-0.4, -0.2) is 32.3 Å². The van der Waals surface area contributed by atoms with Gasteiger partial charge in [0, 0.05) is 17.7 Å². The monoisotopic (exact) mass is 546 g/mol. The maximum Gasteiger partial charge on any atom is 0.422 e. The average molecular weight is 547 g/mol. The minimum absolute atomic E-state index is 0.160. The van der Waals surface area contributed by atoms with Gasteiger partial charge < -0.3 is 14.2 Å². The molecule has 3 aromatic rings. The van der Waals surface area contributed by atoms with Crippen molar-refractivity contribution >= 4 is 10.8 Å². The molecule has 0 spiro atoms. The van der Waals surface area contributed by atoms with Crippen LogP contribution < -0.4 is 4.74 Å². The van der Waals surface area contributed by atoms with Crippen molar-refractivity contribution in [3.05, 3.63) is 77.1 Å². The van der Waals surface area contributed by atoms with Gasteiger partial charge in [-0.1, -0.05) is 75.1 Å². The predicted molar refractivity (Wildman–Crippen MR) is 146 cm³/mol. The topological polar surface area (TPSA) is 27.7 Å².